The van der Waals surface area contributed by atoms with Gasteiger partial charge in [0, 0.05) is 5.92 Å². The van der Waals surface area contributed by atoms with E-state index < -0.39 is 5.72 Å². The molecule has 0 heterocycles. The van der Waals surface area contributed by atoms with E-state index in [1.165, 1.54) is 5.56 Å². The molecule has 2 heteroatoms. The first-order valence-electron chi connectivity index (χ1n) is 6.19. The van der Waals surface area contributed by atoms with Crippen molar-refractivity contribution < 1.29 is 4.74 Å². The van der Waals surface area contributed by atoms with E-state index in [0.717, 1.165) is 0 Å². The lowest BCUT2D eigenvalue weighted by Crippen LogP contribution is -2.50. The first-order valence-corrected chi connectivity index (χ1v) is 6.19. The van der Waals surface area contributed by atoms with Crippen molar-refractivity contribution in [3.8, 4) is 0 Å². The summed E-state index contributed by atoms with van der Waals surface area (Å²) in [6, 6.07) is 10.2. The molecule has 1 aliphatic rings. The fourth-order valence-corrected chi connectivity index (χ4v) is 2.19. The highest BCUT2D eigenvalue weighted by Crippen LogP contribution is 2.31. The van der Waals surface area contributed by atoms with E-state index in [4.69, 9.17) is 4.74 Å². The van der Waals surface area contributed by atoms with E-state index in [0.29, 0.717) is 6.61 Å². The molecular weight excluding hydrogens is 222 g/mol. The monoisotopic (exact) mass is 242 g/mol. The molecule has 1 aliphatic carbocycles. The van der Waals surface area contributed by atoms with Gasteiger partial charge in [0.25, 0.3) is 0 Å². The Balaban J connectivity index is 2.13. The van der Waals surface area contributed by atoms with Crippen LogP contribution in [0.3, 0.4) is 0 Å². The second-order valence-electron chi connectivity index (χ2n) is 4.77. The highest BCUT2D eigenvalue weighted by Gasteiger charge is 2.37. The van der Waals surface area contributed by atoms with E-state index in [1.807, 2.05) is 44.4 Å². The van der Waals surface area contributed by atoms with Gasteiger partial charge in [-0.15, -0.1) is 0 Å². The molecular formula is C16H20NO. The maximum Gasteiger partial charge on any atom is 0.147 e. The van der Waals surface area contributed by atoms with Crippen LogP contribution in [0.5, 0.6) is 0 Å². The summed E-state index contributed by atoms with van der Waals surface area (Å²) in [4.78, 5) is 2.08. The summed E-state index contributed by atoms with van der Waals surface area (Å²) in [6.07, 6.45) is 8.19. The Labute approximate surface area is 110 Å². The Morgan fingerprint density at radius 3 is 2.56 bits per heavy atom. The molecule has 2 atom stereocenters. The number of ether oxygens (including phenoxy) is 1. The highest BCUT2D eigenvalue weighted by molar-refractivity contribution is 5.22. The van der Waals surface area contributed by atoms with Crippen molar-refractivity contribution in [3.63, 3.8) is 0 Å². The third-order valence-corrected chi connectivity index (χ3v) is 3.33. The molecule has 95 valence electrons. The Kier molecular flexibility index (Phi) is 4.00. The average molecular weight is 242 g/mol. The molecule has 0 N–H and O–H groups in total. The second-order valence-corrected chi connectivity index (χ2v) is 4.77. The first-order chi connectivity index (χ1) is 8.65. The lowest BCUT2D eigenvalue weighted by Gasteiger charge is -2.42. The van der Waals surface area contributed by atoms with Gasteiger partial charge in [0.1, 0.15) is 5.72 Å². The van der Waals surface area contributed by atoms with Gasteiger partial charge in [-0.2, -0.15) is 0 Å². The van der Waals surface area contributed by atoms with Crippen LogP contribution in [0.15, 0.2) is 54.6 Å². The van der Waals surface area contributed by atoms with Gasteiger partial charge in [0.2, 0.25) is 0 Å². The molecule has 0 aliphatic heterocycles. The molecule has 18 heavy (non-hydrogen) atoms. The van der Waals surface area contributed by atoms with Crippen LogP contribution in [-0.4, -0.2) is 24.7 Å². The molecule has 2 unspecified atom stereocenters. The number of hydrogen-bond donors (Lipinski definition) is 0. The van der Waals surface area contributed by atoms with Crippen LogP contribution < -0.4 is 0 Å². The minimum absolute atomic E-state index is 0.0845. The van der Waals surface area contributed by atoms with E-state index >= 15 is 0 Å². The molecule has 0 bridgehead atoms. The number of nitrogens with zero attached hydrogens (tertiary/aromatic N) is 1. The number of rotatable bonds is 4. The topological polar surface area (TPSA) is 12.5 Å². The normalized spacial score (nSPS) is 26.8. The van der Waals surface area contributed by atoms with Crippen molar-refractivity contribution in [1.82, 2.24) is 4.90 Å². The van der Waals surface area contributed by atoms with E-state index in [1.54, 1.807) is 0 Å². The number of hydrogen-bond acceptors (Lipinski definition) is 2. The van der Waals surface area contributed by atoms with Gasteiger partial charge in [-0.25, -0.2) is 0 Å². The summed E-state index contributed by atoms with van der Waals surface area (Å²) in [5.74, 6) is 0.0845. The average Bonchev–Trinajstić information content (AvgIpc) is 2.39. The van der Waals surface area contributed by atoms with E-state index in [9.17, 15) is 0 Å². The minimum Gasteiger partial charge on any atom is -0.351 e. The number of benzene rings is 1. The van der Waals surface area contributed by atoms with Crippen molar-refractivity contribution in [2.24, 2.45) is 5.92 Å². The molecule has 0 saturated heterocycles. The largest absolute Gasteiger partial charge is 0.351 e. The van der Waals surface area contributed by atoms with Crippen molar-refractivity contribution in [1.29, 1.82) is 0 Å². The summed E-state index contributed by atoms with van der Waals surface area (Å²) < 4.78 is 6.16. The third-order valence-electron chi connectivity index (χ3n) is 3.33. The summed E-state index contributed by atoms with van der Waals surface area (Å²) in [6.45, 7) is 4.77. The van der Waals surface area contributed by atoms with Crippen LogP contribution in [0.25, 0.3) is 0 Å². The quantitative estimate of drug-likeness (QED) is 0.752. The van der Waals surface area contributed by atoms with Crippen molar-refractivity contribution in [2.45, 2.75) is 12.3 Å². The zero-order valence-electron chi connectivity index (χ0n) is 11.0. The lowest BCUT2D eigenvalue weighted by molar-refractivity contribution is -0.128. The minimum atomic E-state index is -0.454. The maximum absolute atomic E-state index is 6.16. The molecule has 0 amide bonds. The number of likely N-dealkylation sites (N-methyl/N-ethyl adjacent to an activating group) is 1. The van der Waals surface area contributed by atoms with Gasteiger partial charge in [0.15, 0.2) is 0 Å². The predicted octanol–water partition coefficient (Wildman–Crippen LogP) is 3.04. The summed E-state index contributed by atoms with van der Waals surface area (Å²) in [5.41, 5.74) is 0.721. The van der Waals surface area contributed by atoms with Crippen molar-refractivity contribution in [3.05, 3.63) is 67.1 Å². The van der Waals surface area contributed by atoms with Crippen LogP contribution in [0.1, 0.15) is 5.56 Å². The van der Waals surface area contributed by atoms with Gasteiger partial charge in [0.05, 0.1) is 6.61 Å². The summed E-state index contributed by atoms with van der Waals surface area (Å²) >= 11 is 0. The molecule has 0 aromatic heterocycles. The van der Waals surface area contributed by atoms with Gasteiger partial charge in [-0.3, -0.25) is 4.90 Å². The second kappa shape index (κ2) is 5.51. The molecule has 0 saturated carbocycles. The Bertz CT molecular complexity index is 436. The third kappa shape index (κ3) is 2.55. The maximum atomic E-state index is 6.16. The van der Waals surface area contributed by atoms with Crippen LogP contribution in [-0.2, 0) is 11.3 Å². The Hall–Kier alpha value is -1.38. The fourth-order valence-electron chi connectivity index (χ4n) is 2.19. The van der Waals surface area contributed by atoms with Gasteiger partial charge in [-0.05, 0) is 32.7 Å². The SMILES string of the molecule is [CH2]C1C=CC=CC1(OCc1ccccc1)N(C)C. The first kappa shape index (κ1) is 13.1. The van der Waals surface area contributed by atoms with Crippen LogP contribution >= 0.6 is 0 Å². The van der Waals surface area contributed by atoms with Crippen LogP contribution in [0.4, 0.5) is 0 Å². The van der Waals surface area contributed by atoms with Crippen LogP contribution in [0.2, 0.25) is 0 Å². The number of allylic oxidation sites excluding steroid dienone is 2. The predicted molar refractivity (Wildman–Crippen MR) is 74.8 cm³/mol. The Morgan fingerprint density at radius 1 is 1.22 bits per heavy atom. The van der Waals surface area contributed by atoms with Gasteiger partial charge in [-0.1, -0.05) is 48.6 Å². The van der Waals surface area contributed by atoms with E-state index in [-0.39, 0.29) is 5.92 Å². The molecule has 1 radical (unpaired) electrons. The van der Waals surface area contributed by atoms with Crippen molar-refractivity contribution in [2.75, 3.05) is 14.1 Å². The smallest absolute Gasteiger partial charge is 0.147 e. The molecule has 1 aromatic carbocycles. The molecule has 0 fully saturated rings. The Morgan fingerprint density at radius 2 is 1.94 bits per heavy atom. The zero-order chi connectivity index (χ0) is 13.0. The fraction of sp³-hybridized carbons (Fsp3) is 0.312. The standard InChI is InChI=1S/C16H20NO/c1-14-9-7-8-12-16(14,17(2)3)18-13-15-10-5-4-6-11-15/h4-12,14H,1,13H2,2-3H3. The molecule has 2 rings (SSSR count). The highest BCUT2D eigenvalue weighted by atomic mass is 16.5. The van der Waals surface area contributed by atoms with Crippen LogP contribution in [0, 0.1) is 12.8 Å². The molecule has 1 aromatic rings. The lowest BCUT2D eigenvalue weighted by atomic mass is 9.91. The summed E-state index contributed by atoms with van der Waals surface area (Å²) in [7, 11) is 4.04. The van der Waals surface area contributed by atoms with Gasteiger partial charge >= 0.3 is 0 Å². The van der Waals surface area contributed by atoms with E-state index in [2.05, 4.69) is 36.1 Å². The zero-order valence-corrected chi connectivity index (χ0v) is 11.0. The molecule has 0 spiro atoms. The molecule has 2 nitrogen and oxygen atoms in total. The van der Waals surface area contributed by atoms with Gasteiger partial charge < -0.3 is 4.74 Å². The van der Waals surface area contributed by atoms with Crippen molar-refractivity contribution >= 4 is 0 Å². The summed E-state index contributed by atoms with van der Waals surface area (Å²) in [5, 5.41) is 0.